The Balaban J connectivity index is 2.19. The normalized spacial score (nSPS) is 20.8. The summed E-state index contributed by atoms with van der Waals surface area (Å²) in [4.78, 5) is 4.76. The highest BCUT2D eigenvalue weighted by Gasteiger charge is 2.21. The Morgan fingerprint density at radius 2 is 2.31 bits per heavy atom. The monoisotopic (exact) mass is 215 g/mol. The van der Waals surface area contributed by atoms with Crippen LogP contribution in [0.2, 0.25) is 0 Å². The lowest BCUT2D eigenvalue weighted by Crippen LogP contribution is -2.16. The van der Waals surface area contributed by atoms with Crippen molar-refractivity contribution >= 4 is 11.0 Å². The van der Waals surface area contributed by atoms with Crippen LogP contribution in [0.5, 0.6) is 0 Å². The van der Waals surface area contributed by atoms with E-state index in [-0.39, 0.29) is 0 Å². The van der Waals surface area contributed by atoms with Crippen LogP contribution < -0.4 is 5.32 Å². The number of hydrogen-bond donors (Lipinski definition) is 1. The zero-order valence-electron chi connectivity index (χ0n) is 9.83. The summed E-state index contributed by atoms with van der Waals surface area (Å²) in [5.74, 6) is 1.18. The van der Waals surface area contributed by atoms with Crippen LogP contribution in [0, 0.1) is 6.92 Å². The lowest BCUT2D eigenvalue weighted by molar-refractivity contribution is 0.584. The average molecular weight is 215 g/mol. The van der Waals surface area contributed by atoms with E-state index in [0.29, 0.717) is 6.04 Å². The SMILES string of the molecule is Cc1cccc2nc([C@@H]3CCCN3)n(C)c12. The topological polar surface area (TPSA) is 29.9 Å². The van der Waals surface area contributed by atoms with Crippen LogP contribution in [0.15, 0.2) is 18.2 Å². The van der Waals surface area contributed by atoms with Gasteiger partial charge in [-0.3, -0.25) is 0 Å². The minimum absolute atomic E-state index is 0.441. The number of imidazole rings is 1. The van der Waals surface area contributed by atoms with E-state index in [4.69, 9.17) is 4.98 Å². The summed E-state index contributed by atoms with van der Waals surface area (Å²) in [6.07, 6.45) is 2.46. The van der Waals surface area contributed by atoms with Gasteiger partial charge in [-0.25, -0.2) is 4.98 Å². The average Bonchev–Trinajstić information content (AvgIpc) is 2.86. The number of nitrogens with one attached hydrogen (secondary N) is 1. The quantitative estimate of drug-likeness (QED) is 0.791. The predicted molar refractivity (Wildman–Crippen MR) is 65.4 cm³/mol. The first kappa shape index (κ1) is 9.85. The Morgan fingerprint density at radius 3 is 3.00 bits per heavy atom. The minimum Gasteiger partial charge on any atom is -0.330 e. The number of nitrogens with zero attached hydrogens (tertiary/aromatic N) is 2. The van der Waals surface area contributed by atoms with Gasteiger partial charge in [0.25, 0.3) is 0 Å². The second kappa shape index (κ2) is 3.59. The molecule has 3 nitrogen and oxygen atoms in total. The molecule has 0 radical (unpaired) electrons. The van der Waals surface area contributed by atoms with E-state index in [1.165, 1.54) is 29.7 Å². The number of aryl methyl sites for hydroxylation is 2. The molecule has 2 aromatic rings. The summed E-state index contributed by atoms with van der Waals surface area (Å²) in [7, 11) is 2.12. The van der Waals surface area contributed by atoms with E-state index in [2.05, 4.69) is 42.1 Å². The van der Waals surface area contributed by atoms with Crippen molar-refractivity contribution in [3.63, 3.8) is 0 Å². The van der Waals surface area contributed by atoms with Gasteiger partial charge in [-0.15, -0.1) is 0 Å². The Morgan fingerprint density at radius 1 is 1.44 bits per heavy atom. The highest BCUT2D eigenvalue weighted by Crippen LogP contribution is 2.26. The van der Waals surface area contributed by atoms with Crippen molar-refractivity contribution in [1.82, 2.24) is 14.9 Å². The van der Waals surface area contributed by atoms with Crippen LogP contribution in [0.3, 0.4) is 0 Å². The van der Waals surface area contributed by atoms with E-state index in [1.807, 2.05) is 0 Å². The summed E-state index contributed by atoms with van der Waals surface area (Å²) in [6.45, 7) is 3.27. The standard InChI is InChI=1S/C13H17N3/c1-9-5-3-6-10-12(9)16(2)13(15-10)11-7-4-8-14-11/h3,5-6,11,14H,4,7-8H2,1-2H3/t11-/m0/s1. The van der Waals surface area contributed by atoms with Crippen molar-refractivity contribution in [3.05, 3.63) is 29.6 Å². The molecule has 0 aliphatic carbocycles. The largest absolute Gasteiger partial charge is 0.330 e. The zero-order chi connectivity index (χ0) is 11.1. The number of hydrogen-bond acceptors (Lipinski definition) is 2. The molecule has 1 aliphatic heterocycles. The molecule has 84 valence electrons. The molecule has 1 atom stereocenters. The van der Waals surface area contributed by atoms with Crippen LogP contribution in [-0.2, 0) is 7.05 Å². The summed E-state index contributed by atoms with van der Waals surface area (Å²) in [5.41, 5.74) is 3.69. The van der Waals surface area contributed by atoms with Crippen molar-refractivity contribution in [1.29, 1.82) is 0 Å². The van der Waals surface area contributed by atoms with Gasteiger partial charge in [-0.2, -0.15) is 0 Å². The fourth-order valence-corrected chi connectivity index (χ4v) is 2.70. The van der Waals surface area contributed by atoms with Gasteiger partial charge in [0.2, 0.25) is 0 Å². The Hall–Kier alpha value is -1.35. The fraction of sp³-hybridized carbons (Fsp3) is 0.462. The van der Waals surface area contributed by atoms with Gasteiger partial charge in [0.05, 0.1) is 17.1 Å². The van der Waals surface area contributed by atoms with Crippen LogP contribution in [-0.4, -0.2) is 16.1 Å². The third-order valence-electron chi connectivity index (χ3n) is 3.50. The van der Waals surface area contributed by atoms with Gasteiger partial charge in [0.15, 0.2) is 0 Å². The first-order valence-corrected chi connectivity index (χ1v) is 5.92. The third kappa shape index (κ3) is 1.35. The molecule has 0 unspecified atom stereocenters. The van der Waals surface area contributed by atoms with Crippen molar-refractivity contribution in [2.24, 2.45) is 7.05 Å². The predicted octanol–water partition coefficient (Wildman–Crippen LogP) is 2.31. The summed E-state index contributed by atoms with van der Waals surface area (Å²) < 4.78 is 2.24. The van der Waals surface area contributed by atoms with Gasteiger partial charge in [0.1, 0.15) is 5.82 Å². The number of aromatic nitrogens is 2. The van der Waals surface area contributed by atoms with Crippen molar-refractivity contribution in [2.75, 3.05) is 6.54 Å². The molecule has 0 spiro atoms. The minimum atomic E-state index is 0.441. The zero-order valence-corrected chi connectivity index (χ0v) is 9.83. The first-order valence-electron chi connectivity index (χ1n) is 5.92. The van der Waals surface area contributed by atoms with Gasteiger partial charge < -0.3 is 9.88 Å². The smallest absolute Gasteiger partial charge is 0.126 e. The molecular weight excluding hydrogens is 198 g/mol. The molecule has 0 saturated carbocycles. The van der Waals surface area contributed by atoms with E-state index < -0.39 is 0 Å². The molecule has 0 bridgehead atoms. The second-order valence-corrected chi connectivity index (χ2v) is 4.62. The van der Waals surface area contributed by atoms with Gasteiger partial charge in [-0.05, 0) is 37.9 Å². The lowest BCUT2D eigenvalue weighted by atomic mass is 10.2. The molecule has 1 aromatic carbocycles. The van der Waals surface area contributed by atoms with Crippen LogP contribution >= 0.6 is 0 Å². The molecule has 1 aromatic heterocycles. The number of fused-ring (bicyclic) bond motifs is 1. The number of rotatable bonds is 1. The maximum Gasteiger partial charge on any atom is 0.126 e. The lowest BCUT2D eigenvalue weighted by Gasteiger charge is -2.10. The molecular formula is C13H17N3. The van der Waals surface area contributed by atoms with Crippen molar-refractivity contribution < 1.29 is 0 Å². The van der Waals surface area contributed by atoms with E-state index >= 15 is 0 Å². The maximum atomic E-state index is 4.76. The molecule has 1 N–H and O–H groups in total. The maximum absolute atomic E-state index is 4.76. The molecule has 1 aliphatic rings. The Bertz CT molecular complexity index is 521. The second-order valence-electron chi connectivity index (χ2n) is 4.62. The van der Waals surface area contributed by atoms with Gasteiger partial charge >= 0.3 is 0 Å². The van der Waals surface area contributed by atoms with Crippen LogP contribution in [0.25, 0.3) is 11.0 Å². The summed E-state index contributed by atoms with van der Waals surface area (Å²) >= 11 is 0. The van der Waals surface area contributed by atoms with Gasteiger partial charge in [0, 0.05) is 7.05 Å². The first-order chi connectivity index (χ1) is 7.77. The van der Waals surface area contributed by atoms with E-state index in [0.717, 1.165) is 12.1 Å². The molecule has 16 heavy (non-hydrogen) atoms. The number of para-hydroxylation sites is 1. The molecule has 2 heterocycles. The highest BCUT2D eigenvalue weighted by atomic mass is 15.1. The summed E-state index contributed by atoms with van der Waals surface area (Å²) in [6, 6.07) is 6.77. The molecule has 3 rings (SSSR count). The molecule has 1 fully saturated rings. The molecule has 0 amide bonds. The molecule has 3 heteroatoms. The highest BCUT2D eigenvalue weighted by molar-refractivity contribution is 5.79. The van der Waals surface area contributed by atoms with E-state index in [1.54, 1.807) is 0 Å². The Kier molecular flexibility index (Phi) is 2.21. The molecule has 1 saturated heterocycles. The van der Waals surface area contributed by atoms with Crippen LogP contribution in [0.4, 0.5) is 0 Å². The Labute approximate surface area is 95.5 Å². The van der Waals surface area contributed by atoms with Crippen molar-refractivity contribution in [3.8, 4) is 0 Å². The summed E-state index contributed by atoms with van der Waals surface area (Å²) in [5, 5.41) is 3.51. The number of benzene rings is 1. The fourth-order valence-electron chi connectivity index (χ4n) is 2.70. The van der Waals surface area contributed by atoms with Crippen LogP contribution in [0.1, 0.15) is 30.3 Å². The van der Waals surface area contributed by atoms with E-state index in [9.17, 15) is 0 Å². The van der Waals surface area contributed by atoms with Gasteiger partial charge in [-0.1, -0.05) is 12.1 Å². The third-order valence-corrected chi connectivity index (χ3v) is 3.50. The van der Waals surface area contributed by atoms with Crippen molar-refractivity contribution in [2.45, 2.75) is 25.8 Å².